The Morgan fingerprint density at radius 3 is 2.78 bits per heavy atom. The molecule has 1 unspecified atom stereocenters. The number of rotatable bonds is 4. The van der Waals surface area contributed by atoms with Gasteiger partial charge in [0.05, 0.1) is 5.56 Å². The van der Waals surface area contributed by atoms with E-state index in [9.17, 15) is 14.7 Å². The Labute approximate surface area is 258 Å². The number of aromatic amines is 2. The Balaban J connectivity index is 1.42. The number of aliphatic carboxylic acids is 1. The Hall–Kier alpha value is -4.99. The maximum atomic E-state index is 15.4. The van der Waals surface area contributed by atoms with Gasteiger partial charge in [0.15, 0.2) is 11.6 Å². The molecule has 1 atom stereocenters. The lowest BCUT2D eigenvalue weighted by Gasteiger charge is -2.30. The van der Waals surface area contributed by atoms with Gasteiger partial charge in [-0.2, -0.15) is 0 Å². The van der Waals surface area contributed by atoms with Crippen LogP contribution in [0.3, 0.4) is 0 Å². The summed E-state index contributed by atoms with van der Waals surface area (Å²) >= 11 is 0. The van der Waals surface area contributed by atoms with Gasteiger partial charge < -0.3 is 25.1 Å². The molecule has 2 aromatic heterocycles. The molecule has 0 spiro atoms. The van der Waals surface area contributed by atoms with Crippen LogP contribution in [0, 0.1) is 11.6 Å². The number of carboxylic acid groups (broad SMARTS) is 1. The third-order valence-electron chi connectivity index (χ3n) is 8.67. The van der Waals surface area contributed by atoms with Crippen LogP contribution in [0.25, 0.3) is 22.3 Å². The molecule has 232 valence electrons. The van der Waals surface area contributed by atoms with Crippen molar-refractivity contribution in [2.24, 2.45) is 0 Å². The number of aromatic nitrogens is 3. The van der Waals surface area contributed by atoms with Crippen molar-refractivity contribution in [3.05, 3.63) is 101 Å². The summed E-state index contributed by atoms with van der Waals surface area (Å²) in [7, 11) is 0. The van der Waals surface area contributed by atoms with Crippen LogP contribution < -0.4 is 10.1 Å². The number of hydrogen-bond donors (Lipinski definition) is 4. The molecule has 4 N–H and O–H groups in total. The van der Waals surface area contributed by atoms with Crippen molar-refractivity contribution in [2.45, 2.75) is 57.3 Å². The number of benzene rings is 3. The number of carbonyl (C=O) groups is 2. The third kappa shape index (κ3) is 6.31. The molecule has 45 heavy (non-hydrogen) atoms. The van der Waals surface area contributed by atoms with Crippen molar-refractivity contribution in [3.63, 3.8) is 0 Å². The number of imidazole rings is 1. The van der Waals surface area contributed by atoms with E-state index in [0.29, 0.717) is 62.0 Å². The van der Waals surface area contributed by atoms with E-state index in [1.54, 1.807) is 12.4 Å². The van der Waals surface area contributed by atoms with Gasteiger partial charge in [-0.1, -0.05) is 30.7 Å². The van der Waals surface area contributed by atoms with Crippen LogP contribution in [0.5, 0.6) is 11.5 Å². The van der Waals surface area contributed by atoms with Crippen molar-refractivity contribution in [1.29, 1.82) is 0 Å². The van der Waals surface area contributed by atoms with E-state index in [2.05, 4.69) is 27.2 Å². The van der Waals surface area contributed by atoms with Gasteiger partial charge in [-0.05, 0) is 68.0 Å². The second-order valence-electron chi connectivity index (χ2n) is 11.7. The summed E-state index contributed by atoms with van der Waals surface area (Å²) in [6.07, 6.45) is 6.49. The van der Waals surface area contributed by atoms with Gasteiger partial charge in [0.2, 0.25) is 5.91 Å². The number of nitrogens with zero attached hydrogens (tertiary/aromatic N) is 1. The number of ether oxygens (including phenoxy) is 1. The van der Waals surface area contributed by atoms with Crippen molar-refractivity contribution >= 4 is 22.8 Å². The minimum Gasteiger partial charge on any atom is -0.481 e. The van der Waals surface area contributed by atoms with E-state index in [4.69, 9.17) is 4.74 Å². The number of aryl methyl sites for hydroxylation is 1. The first-order valence-electron chi connectivity index (χ1n) is 15.1. The first-order valence-corrected chi connectivity index (χ1v) is 15.1. The van der Waals surface area contributed by atoms with Crippen LogP contribution in [-0.2, 0) is 27.8 Å². The number of nitrogens with one attached hydrogen (secondary N) is 3. The molecule has 3 heterocycles. The fourth-order valence-corrected chi connectivity index (χ4v) is 6.12. The Morgan fingerprint density at radius 2 is 1.93 bits per heavy atom. The summed E-state index contributed by atoms with van der Waals surface area (Å²) in [5.74, 6) is -1.50. The molecule has 0 aliphatic carbocycles. The molecule has 4 bridgehead atoms. The van der Waals surface area contributed by atoms with E-state index < -0.39 is 23.0 Å². The number of carboxylic acids is 1. The van der Waals surface area contributed by atoms with Crippen LogP contribution in [0.2, 0.25) is 0 Å². The van der Waals surface area contributed by atoms with E-state index in [1.165, 1.54) is 24.3 Å². The minimum atomic E-state index is -0.864. The Bertz CT molecular complexity index is 1880. The molecule has 0 radical (unpaired) electrons. The second-order valence-corrected chi connectivity index (χ2v) is 11.7. The summed E-state index contributed by atoms with van der Waals surface area (Å²) in [6, 6.07) is 15.2. The number of halogens is 2. The lowest BCUT2D eigenvalue weighted by Crippen LogP contribution is -2.26. The highest BCUT2D eigenvalue weighted by atomic mass is 19.1. The van der Waals surface area contributed by atoms with Crippen molar-refractivity contribution in [2.75, 3.05) is 6.54 Å². The summed E-state index contributed by atoms with van der Waals surface area (Å²) in [4.78, 5) is 34.9. The van der Waals surface area contributed by atoms with Crippen molar-refractivity contribution < 1.29 is 28.2 Å². The lowest BCUT2D eigenvalue weighted by atomic mass is 9.75. The molecule has 1 aliphatic rings. The van der Waals surface area contributed by atoms with Gasteiger partial charge >= 0.3 is 5.97 Å². The molecule has 0 fully saturated rings. The largest absolute Gasteiger partial charge is 0.481 e. The second kappa shape index (κ2) is 12.6. The Kier molecular flexibility index (Phi) is 8.38. The predicted molar refractivity (Wildman–Crippen MR) is 166 cm³/mol. The maximum Gasteiger partial charge on any atom is 0.303 e. The molecule has 1 aliphatic heterocycles. The first-order chi connectivity index (χ1) is 21.7. The van der Waals surface area contributed by atoms with Crippen LogP contribution in [-0.4, -0.2) is 38.5 Å². The summed E-state index contributed by atoms with van der Waals surface area (Å²) in [6.45, 7) is 2.36. The number of amides is 1. The highest BCUT2D eigenvalue weighted by Crippen LogP contribution is 2.39. The minimum absolute atomic E-state index is 0.0190. The number of fused-ring (bicyclic) bond motifs is 8. The molecule has 5 aromatic rings. The SMILES string of the molecule is CC1(c2cccc(CCC(=O)O)c2)CCCCC(=O)NCCc2c(c(F)cc3[nH]ccc23)Oc2ccc(F)c(c2)-c2ncc1[nH]2. The molecule has 0 saturated carbocycles. The van der Waals surface area contributed by atoms with E-state index in [1.807, 2.05) is 30.3 Å². The van der Waals surface area contributed by atoms with Gasteiger partial charge in [0.1, 0.15) is 17.4 Å². The quantitative estimate of drug-likeness (QED) is 0.171. The van der Waals surface area contributed by atoms with Crippen molar-refractivity contribution in [1.82, 2.24) is 20.3 Å². The van der Waals surface area contributed by atoms with E-state index >= 15 is 8.78 Å². The van der Waals surface area contributed by atoms with Crippen molar-refractivity contribution in [3.8, 4) is 22.9 Å². The highest BCUT2D eigenvalue weighted by Gasteiger charge is 2.31. The molecular formula is C35H34F2N4O4. The monoisotopic (exact) mass is 612 g/mol. The maximum absolute atomic E-state index is 15.4. The smallest absolute Gasteiger partial charge is 0.303 e. The third-order valence-corrected chi connectivity index (χ3v) is 8.67. The van der Waals surface area contributed by atoms with Gasteiger partial charge in [-0.15, -0.1) is 0 Å². The number of carbonyl (C=O) groups excluding carboxylic acids is 1. The average molecular weight is 613 g/mol. The van der Waals surface area contributed by atoms with Gasteiger partial charge in [0, 0.05) is 65.4 Å². The fourth-order valence-electron chi connectivity index (χ4n) is 6.12. The van der Waals surface area contributed by atoms with Gasteiger partial charge in [0.25, 0.3) is 0 Å². The molecule has 3 aromatic carbocycles. The van der Waals surface area contributed by atoms with E-state index in [0.717, 1.165) is 22.2 Å². The zero-order valence-corrected chi connectivity index (χ0v) is 24.9. The summed E-state index contributed by atoms with van der Waals surface area (Å²) in [5, 5.41) is 12.9. The standard InChI is InChI=1S/C35H34F2N4O4/c1-35(22-6-4-5-21(17-22)8-11-32(43)44)14-3-2-7-31(42)39-16-13-25-24-12-15-38-29(24)19-28(37)33(25)45-23-9-10-27(36)26(18-23)34-40-20-30(35)41-34/h4-6,9-10,12,15,17-20,38H,2-3,7-8,11,13-14,16H2,1H3,(H,39,42)(H,40,41)(H,43,44). The molecule has 0 saturated heterocycles. The summed E-state index contributed by atoms with van der Waals surface area (Å²) in [5.41, 5.74) is 3.39. The zero-order chi connectivity index (χ0) is 31.6. The van der Waals surface area contributed by atoms with Crippen LogP contribution in [0.4, 0.5) is 8.78 Å². The molecular weight excluding hydrogens is 578 g/mol. The molecule has 8 nitrogen and oxygen atoms in total. The van der Waals surface area contributed by atoms with Gasteiger partial charge in [-0.25, -0.2) is 13.8 Å². The predicted octanol–water partition coefficient (Wildman–Crippen LogP) is 7.18. The lowest BCUT2D eigenvalue weighted by molar-refractivity contribution is -0.137. The van der Waals surface area contributed by atoms with Crippen LogP contribution in [0.1, 0.15) is 61.4 Å². The van der Waals surface area contributed by atoms with Crippen LogP contribution >= 0.6 is 0 Å². The molecule has 10 heteroatoms. The first kappa shape index (κ1) is 30.1. The zero-order valence-electron chi connectivity index (χ0n) is 24.9. The van der Waals surface area contributed by atoms with Gasteiger partial charge in [-0.3, -0.25) is 9.59 Å². The Morgan fingerprint density at radius 1 is 1.07 bits per heavy atom. The number of hydrogen-bond acceptors (Lipinski definition) is 4. The van der Waals surface area contributed by atoms with Crippen LogP contribution in [0.15, 0.2) is 67.0 Å². The topological polar surface area (TPSA) is 120 Å². The summed E-state index contributed by atoms with van der Waals surface area (Å²) < 4.78 is 36.8. The molecule has 1 amide bonds. The number of H-pyrrole nitrogens is 2. The fraction of sp³-hybridized carbons (Fsp3) is 0.286. The molecule has 6 rings (SSSR count). The normalized spacial score (nSPS) is 17.5. The van der Waals surface area contributed by atoms with E-state index in [-0.39, 0.29) is 29.4 Å². The average Bonchev–Trinajstić information content (AvgIpc) is 3.71. The highest BCUT2D eigenvalue weighted by molar-refractivity contribution is 5.86.